The van der Waals surface area contributed by atoms with Gasteiger partial charge in [0.15, 0.2) is 5.88 Å². The van der Waals surface area contributed by atoms with Crippen molar-refractivity contribution in [3.8, 4) is 11.6 Å². The van der Waals surface area contributed by atoms with Crippen molar-refractivity contribution in [1.29, 1.82) is 0 Å². The minimum atomic E-state index is -0.594. The van der Waals surface area contributed by atoms with Crippen LogP contribution in [0.4, 0.5) is 5.69 Å². The zero-order valence-corrected chi connectivity index (χ0v) is 10.2. The number of hydrogen-bond acceptors (Lipinski definition) is 4. The highest BCUT2D eigenvalue weighted by Gasteiger charge is 2.09. The zero-order valence-electron chi connectivity index (χ0n) is 9.48. The molecular weight excluding hydrogens is 272 g/mol. The third-order valence-electron chi connectivity index (χ3n) is 2.30. The average Bonchev–Trinajstić information content (AvgIpc) is 2.32. The fourth-order valence-corrected chi connectivity index (χ4v) is 1.57. The molecule has 1 aromatic heterocycles. The number of hydrogen-bond donors (Lipinski definition) is 4. The van der Waals surface area contributed by atoms with Gasteiger partial charge in [-0.05, 0) is 12.1 Å². The zero-order chi connectivity index (χ0) is 14.0. The Hall–Kier alpha value is -2.47. The van der Waals surface area contributed by atoms with Crippen molar-refractivity contribution in [1.82, 2.24) is 4.98 Å². The summed E-state index contributed by atoms with van der Waals surface area (Å²) in [4.78, 5) is 25.0. The SMILES string of the molecule is O=C(Nc1ccc(Cl)c(O)c1)c1cc(O)[nH]c(=O)c1. The van der Waals surface area contributed by atoms with Crippen LogP contribution < -0.4 is 10.9 Å². The topological polar surface area (TPSA) is 102 Å². The predicted octanol–water partition coefficient (Wildman–Crippen LogP) is 1.69. The molecule has 19 heavy (non-hydrogen) atoms. The second-order valence-electron chi connectivity index (χ2n) is 3.74. The summed E-state index contributed by atoms with van der Waals surface area (Å²) in [5, 5.41) is 21.2. The average molecular weight is 281 g/mol. The van der Waals surface area contributed by atoms with Gasteiger partial charge in [0.2, 0.25) is 0 Å². The lowest BCUT2D eigenvalue weighted by Crippen LogP contribution is -2.15. The van der Waals surface area contributed by atoms with E-state index in [1.165, 1.54) is 18.2 Å². The highest BCUT2D eigenvalue weighted by Crippen LogP contribution is 2.26. The van der Waals surface area contributed by atoms with Crippen LogP contribution in [0.3, 0.4) is 0 Å². The summed E-state index contributed by atoms with van der Waals surface area (Å²) in [6, 6.07) is 6.35. The van der Waals surface area contributed by atoms with E-state index >= 15 is 0 Å². The van der Waals surface area contributed by atoms with Gasteiger partial charge >= 0.3 is 0 Å². The number of benzene rings is 1. The van der Waals surface area contributed by atoms with Crippen LogP contribution in [0.25, 0.3) is 0 Å². The van der Waals surface area contributed by atoms with Crippen molar-refractivity contribution in [2.45, 2.75) is 0 Å². The van der Waals surface area contributed by atoms with Gasteiger partial charge < -0.3 is 15.5 Å². The summed E-state index contributed by atoms with van der Waals surface area (Å²) in [6.45, 7) is 0. The van der Waals surface area contributed by atoms with E-state index in [9.17, 15) is 19.8 Å². The molecule has 0 bridgehead atoms. The van der Waals surface area contributed by atoms with Gasteiger partial charge in [-0.25, -0.2) is 0 Å². The number of rotatable bonds is 2. The van der Waals surface area contributed by atoms with Gasteiger partial charge in [0.25, 0.3) is 11.5 Å². The molecule has 0 aliphatic rings. The molecule has 0 radical (unpaired) electrons. The Labute approximate surface area is 112 Å². The van der Waals surface area contributed by atoms with Crippen LogP contribution in [-0.4, -0.2) is 21.1 Å². The molecule has 6 nitrogen and oxygen atoms in total. The number of phenolic OH excluding ortho intramolecular Hbond substituents is 1. The summed E-state index contributed by atoms with van der Waals surface area (Å²) in [5.74, 6) is -1.17. The quantitative estimate of drug-likeness (QED) is 0.672. The molecule has 4 N–H and O–H groups in total. The molecule has 2 rings (SSSR count). The first-order valence-electron chi connectivity index (χ1n) is 5.19. The Morgan fingerprint density at radius 3 is 2.58 bits per heavy atom. The Bertz CT molecular complexity index is 696. The number of pyridine rings is 1. The first-order chi connectivity index (χ1) is 8.95. The highest BCUT2D eigenvalue weighted by molar-refractivity contribution is 6.32. The number of halogens is 1. The fourth-order valence-electron chi connectivity index (χ4n) is 1.45. The number of aromatic nitrogens is 1. The number of carbonyl (C=O) groups excluding carboxylic acids is 1. The van der Waals surface area contributed by atoms with Crippen molar-refractivity contribution in [2.24, 2.45) is 0 Å². The molecule has 0 fully saturated rings. The molecule has 1 heterocycles. The molecule has 0 saturated carbocycles. The largest absolute Gasteiger partial charge is 0.506 e. The highest BCUT2D eigenvalue weighted by atomic mass is 35.5. The number of aromatic hydroxyl groups is 2. The Kier molecular flexibility index (Phi) is 3.43. The second kappa shape index (κ2) is 5.03. The van der Waals surface area contributed by atoms with Crippen LogP contribution >= 0.6 is 11.6 Å². The van der Waals surface area contributed by atoms with Crippen molar-refractivity contribution < 1.29 is 15.0 Å². The lowest BCUT2D eigenvalue weighted by molar-refractivity contribution is 0.102. The number of amides is 1. The first kappa shape index (κ1) is 13.0. The first-order valence-corrected chi connectivity index (χ1v) is 5.57. The van der Waals surface area contributed by atoms with Gasteiger partial charge in [0, 0.05) is 23.9 Å². The van der Waals surface area contributed by atoms with Crippen LogP contribution in [0, 0.1) is 0 Å². The van der Waals surface area contributed by atoms with E-state index in [0.717, 1.165) is 12.1 Å². The molecule has 98 valence electrons. The molecule has 0 saturated heterocycles. The molecule has 7 heteroatoms. The van der Waals surface area contributed by atoms with Crippen LogP contribution in [0.1, 0.15) is 10.4 Å². The van der Waals surface area contributed by atoms with E-state index in [4.69, 9.17) is 11.6 Å². The molecule has 0 aliphatic carbocycles. The normalized spacial score (nSPS) is 10.2. The number of nitrogens with one attached hydrogen (secondary N) is 2. The van der Waals surface area contributed by atoms with Gasteiger partial charge in [-0.1, -0.05) is 11.6 Å². The van der Waals surface area contributed by atoms with Gasteiger partial charge in [0.05, 0.1) is 10.6 Å². The number of aromatic amines is 1. The van der Waals surface area contributed by atoms with Crippen LogP contribution in [0.15, 0.2) is 35.1 Å². The molecule has 0 spiro atoms. The van der Waals surface area contributed by atoms with Gasteiger partial charge in [-0.3, -0.25) is 14.6 Å². The lowest BCUT2D eigenvalue weighted by atomic mass is 10.2. The minimum absolute atomic E-state index is 0.00399. The maximum Gasteiger partial charge on any atom is 0.256 e. The number of carbonyl (C=O) groups is 1. The number of phenols is 1. The summed E-state index contributed by atoms with van der Waals surface area (Å²) >= 11 is 5.63. The second-order valence-corrected chi connectivity index (χ2v) is 4.15. The van der Waals surface area contributed by atoms with Gasteiger partial charge in [-0.2, -0.15) is 0 Å². The van der Waals surface area contributed by atoms with E-state index in [0.29, 0.717) is 5.69 Å². The summed E-state index contributed by atoms with van der Waals surface area (Å²) in [6.07, 6.45) is 0. The van der Waals surface area contributed by atoms with Crippen LogP contribution in [0.2, 0.25) is 5.02 Å². The number of anilines is 1. The fraction of sp³-hybridized carbons (Fsp3) is 0. The molecule has 2 aromatic rings. The van der Waals surface area contributed by atoms with Gasteiger partial charge in [0.1, 0.15) is 5.75 Å². The maximum atomic E-state index is 11.8. The van der Waals surface area contributed by atoms with Crippen molar-refractivity contribution in [2.75, 3.05) is 5.32 Å². The predicted molar refractivity (Wildman–Crippen MR) is 69.8 cm³/mol. The van der Waals surface area contributed by atoms with Crippen molar-refractivity contribution >= 4 is 23.2 Å². The molecule has 0 unspecified atom stereocenters. The Morgan fingerprint density at radius 1 is 1.21 bits per heavy atom. The van der Waals surface area contributed by atoms with E-state index in [1.807, 2.05) is 0 Å². The molecule has 0 atom stereocenters. The molecular formula is C12H9ClN2O4. The van der Waals surface area contributed by atoms with E-state index in [2.05, 4.69) is 10.3 Å². The minimum Gasteiger partial charge on any atom is -0.506 e. The summed E-state index contributed by atoms with van der Waals surface area (Å²) in [5.41, 5.74) is -0.286. The van der Waals surface area contributed by atoms with Gasteiger partial charge in [-0.15, -0.1) is 0 Å². The molecule has 0 aliphatic heterocycles. The van der Waals surface area contributed by atoms with Crippen molar-refractivity contribution in [3.05, 3.63) is 51.3 Å². The van der Waals surface area contributed by atoms with E-state index in [1.54, 1.807) is 0 Å². The smallest absolute Gasteiger partial charge is 0.256 e. The lowest BCUT2D eigenvalue weighted by Gasteiger charge is -2.06. The van der Waals surface area contributed by atoms with E-state index in [-0.39, 0.29) is 16.3 Å². The third kappa shape index (κ3) is 3.05. The Balaban J connectivity index is 2.25. The Morgan fingerprint density at radius 2 is 1.95 bits per heavy atom. The molecule has 1 amide bonds. The number of H-pyrrole nitrogens is 1. The summed E-state index contributed by atoms with van der Waals surface area (Å²) < 4.78 is 0. The van der Waals surface area contributed by atoms with Crippen LogP contribution in [0.5, 0.6) is 11.6 Å². The standard InChI is InChI=1S/C12H9ClN2O4/c13-8-2-1-7(5-9(8)16)14-12(19)6-3-10(17)15-11(18)4-6/h1-5,16H,(H,14,19)(H2,15,17,18). The maximum absolute atomic E-state index is 11.8. The molecule has 1 aromatic carbocycles. The van der Waals surface area contributed by atoms with Crippen molar-refractivity contribution in [3.63, 3.8) is 0 Å². The summed E-state index contributed by atoms with van der Waals surface area (Å²) in [7, 11) is 0. The van der Waals surface area contributed by atoms with Crippen LogP contribution in [-0.2, 0) is 0 Å². The monoisotopic (exact) mass is 280 g/mol. The van der Waals surface area contributed by atoms with E-state index < -0.39 is 17.3 Å². The third-order valence-corrected chi connectivity index (χ3v) is 2.62.